The average Bonchev–Trinajstić information content (AvgIpc) is 2.99. The maximum atomic E-state index is 4.30. The molecule has 0 saturated heterocycles. The van der Waals surface area contributed by atoms with E-state index >= 15 is 0 Å². The highest BCUT2D eigenvalue weighted by atomic mass is 32.1. The van der Waals surface area contributed by atoms with Gasteiger partial charge in [-0.05, 0) is 24.3 Å². The summed E-state index contributed by atoms with van der Waals surface area (Å²) in [5, 5.41) is 10.1. The minimum absolute atomic E-state index is 0.426. The van der Waals surface area contributed by atoms with Gasteiger partial charge in [0.15, 0.2) is 0 Å². The second-order valence-corrected chi connectivity index (χ2v) is 5.80. The van der Waals surface area contributed by atoms with Crippen molar-refractivity contribution in [3.63, 3.8) is 0 Å². The fourth-order valence-corrected chi connectivity index (χ4v) is 3.00. The molecule has 2 aromatic heterocycles. The zero-order valence-corrected chi connectivity index (χ0v) is 12.1. The number of aryl methyl sites for hydroxylation is 1. The quantitative estimate of drug-likeness (QED) is 0.865. The van der Waals surface area contributed by atoms with Crippen LogP contribution < -0.4 is 5.32 Å². The molecule has 0 bridgehead atoms. The largest absolute Gasteiger partial charge is 0.305 e. The van der Waals surface area contributed by atoms with Gasteiger partial charge in [0.1, 0.15) is 0 Å². The van der Waals surface area contributed by atoms with E-state index in [1.165, 1.54) is 10.4 Å². The van der Waals surface area contributed by atoms with Gasteiger partial charge in [-0.15, -0.1) is 11.3 Å². The standard InChI is InChI=1S/C14H21N3S/c1-4-17-10-12(9-16-17)8-15-14(11(2)3)13-6-5-7-18-13/h5-7,9-11,14-15H,4,8H2,1-3H3. The summed E-state index contributed by atoms with van der Waals surface area (Å²) in [6.45, 7) is 8.42. The van der Waals surface area contributed by atoms with Crippen LogP contribution in [-0.4, -0.2) is 9.78 Å². The number of rotatable bonds is 6. The lowest BCUT2D eigenvalue weighted by Gasteiger charge is -2.20. The van der Waals surface area contributed by atoms with Crippen LogP contribution in [0.25, 0.3) is 0 Å². The van der Waals surface area contributed by atoms with Gasteiger partial charge in [0.2, 0.25) is 0 Å². The molecule has 0 aliphatic rings. The first-order valence-electron chi connectivity index (χ1n) is 6.48. The molecule has 0 radical (unpaired) electrons. The van der Waals surface area contributed by atoms with Crippen LogP contribution in [0.1, 0.15) is 37.3 Å². The van der Waals surface area contributed by atoms with Crippen LogP contribution in [0.3, 0.4) is 0 Å². The molecular formula is C14H21N3S. The summed E-state index contributed by atoms with van der Waals surface area (Å²) >= 11 is 1.82. The number of aromatic nitrogens is 2. The maximum absolute atomic E-state index is 4.30. The molecule has 0 amide bonds. The number of hydrogen-bond donors (Lipinski definition) is 1. The SMILES string of the molecule is CCn1cc(CNC(c2cccs2)C(C)C)cn1. The van der Waals surface area contributed by atoms with Crippen molar-refractivity contribution in [2.24, 2.45) is 5.92 Å². The van der Waals surface area contributed by atoms with Crippen LogP contribution >= 0.6 is 11.3 Å². The van der Waals surface area contributed by atoms with Crippen LogP contribution in [0.15, 0.2) is 29.9 Å². The van der Waals surface area contributed by atoms with Gasteiger partial charge in [0.05, 0.1) is 6.20 Å². The predicted molar refractivity (Wildman–Crippen MR) is 76.6 cm³/mol. The number of thiophene rings is 1. The van der Waals surface area contributed by atoms with Crippen molar-refractivity contribution >= 4 is 11.3 Å². The summed E-state index contributed by atoms with van der Waals surface area (Å²) in [4.78, 5) is 1.41. The van der Waals surface area contributed by atoms with E-state index in [-0.39, 0.29) is 0 Å². The second-order valence-electron chi connectivity index (χ2n) is 4.82. The van der Waals surface area contributed by atoms with Gasteiger partial charge in [-0.2, -0.15) is 5.10 Å². The topological polar surface area (TPSA) is 29.9 Å². The number of hydrogen-bond acceptors (Lipinski definition) is 3. The molecule has 2 aromatic rings. The third kappa shape index (κ3) is 3.21. The lowest BCUT2D eigenvalue weighted by molar-refractivity contribution is 0.416. The number of nitrogens with zero attached hydrogens (tertiary/aromatic N) is 2. The van der Waals surface area contributed by atoms with Crippen molar-refractivity contribution in [1.29, 1.82) is 0 Å². The number of nitrogens with one attached hydrogen (secondary N) is 1. The minimum Gasteiger partial charge on any atom is -0.305 e. The molecule has 0 spiro atoms. The predicted octanol–water partition coefficient (Wildman–Crippen LogP) is 3.45. The van der Waals surface area contributed by atoms with Gasteiger partial charge in [-0.25, -0.2) is 0 Å². The Morgan fingerprint density at radius 2 is 2.28 bits per heavy atom. The Hall–Kier alpha value is -1.13. The van der Waals surface area contributed by atoms with Gasteiger partial charge in [-0.1, -0.05) is 19.9 Å². The zero-order valence-electron chi connectivity index (χ0n) is 11.3. The van der Waals surface area contributed by atoms with Crippen molar-refractivity contribution in [3.05, 3.63) is 40.3 Å². The van der Waals surface area contributed by atoms with E-state index in [1.807, 2.05) is 22.2 Å². The summed E-state index contributed by atoms with van der Waals surface area (Å²) in [5.74, 6) is 0.588. The third-order valence-corrected chi connectivity index (χ3v) is 4.01. The molecule has 18 heavy (non-hydrogen) atoms. The molecule has 0 aromatic carbocycles. The molecule has 3 nitrogen and oxygen atoms in total. The molecule has 4 heteroatoms. The Morgan fingerprint density at radius 1 is 1.44 bits per heavy atom. The van der Waals surface area contributed by atoms with Gasteiger partial charge >= 0.3 is 0 Å². The van der Waals surface area contributed by atoms with Crippen LogP contribution in [0.2, 0.25) is 0 Å². The van der Waals surface area contributed by atoms with E-state index in [2.05, 4.69) is 54.9 Å². The van der Waals surface area contributed by atoms with Crippen molar-refractivity contribution < 1.29 is 0 Å². The first-order chi connectivity index (χ1) is 8.70. The summed E-state index contributed by atoms with van der Waals surface area (Å²) in [6.07, 6.45) is 4.06. The zero-order chi connectivity index (χ0) is 13.0. The van der Waals surface area contributed by atoms with E-state index in [0.717, 1.165) is 13.1 Å². The highest BCUT2D eigenvalue weighted by Crippen LogP contribution is 2.26. The molecule has 2 rings (SSSR count). The Morgan fingerprint density at radius 3 is 2.83 bits per heavy atom. The van der Waals surface area contributed by atoms with Crippen molar-refractivity contribution in [2.45, 2.75) is 39.9 Å². The summed E-state index contributed by atoms with van der Waals surface area (Å²) in [6, 6.07) is 4.75. The monoisotopic (exact) mass is 263 g/mol. The summed E-state index contributed by atoms with van der Waals surface area (Å²) < 4.78 is 1.96. The lowest BCUT2D eigenvalue weighted by atomic mass is 10.0. The Balaban J connectivity index is 1.98. The summed E-state index contributed by atoms with van der Waals surface area (Å²) in [5.41, 5.74) is 1.25. The van der Waals surface area contributed by atoms with E-state index in [1.54, 1.807) is 0 Å². The molecular weight excluding hydrogens is 242 g/mol. The Labute approximate surface area is 113 Å². The van der Waals surface area contributed by atoms with Gasteiger partial charge in [-0.3, -0.25) is 4.68 Å². The van der Waals surface area contributed by atoms with Gasteiger partial charge in [0, 0.05) is 35.8 Å². The lowest BCUT2D eigenvalue weighted by Crippen LogP contribution is -2.24. The molecule has 1 unspecified atom stereocenters. The van der Waals surface area contributed by atoms with Gasteiger partial charge in [0.25, 0.3) is 0 Å². The first-order valence-corrected chi connectivity index (χ1v) is 7.36. The molecule has 0 aliphatic carbocycles. The maximum Gasteiger partial charge on any atom is 0.0534 e. The second kappa shape index (κ2) is 6.16. The highest BCUT2D eigenvalue weighted by Gasteiger charge is 2.16. The Kier molecular flexibility index (Phi) is 4.55. The van der Waals surface area contributed by atoms with E-state index in [9.17, 15) is 0 Å². The minimum atomic E-state index is 0.426. The molecule has 0 fully saturated rings. The van der Waals surface area contributed by atoms with E-state index in [4.69, 9.17) is 0 Å². The van der Waals surface area contributed by atoms with Crippen molar-refractivity contribution in [1.82, 2.24) is 15.1 Å². The molecule has 2 heterocycles. The molecule has 1 atom stereocenters. The van der Waals surface area contributed by atoms with Crippen molar-refractivity contribution in [2.75, 3.05) is 0 Å². The molecule has 1 N–H and O–H groups in total. The highest BCUT2D eigenvalue weighted by molar-refractivity contribution is 7.10. The smallest absolute Gasteiger partial charge is 0.0534 e. The summed E-state index contributed by atoms with van der Waals surface area (Å²) in [7, 11) is 0. The fourth-order valence-electron chi connectivity index (χ4n) is 2.03. The molecule has 98 valence electrons. The van der Waals surface area contributed by atoms with E-state index < -0.39 is 0 Å². The van der Waals surface area contributed by atoms with Crippen LogP contribution in [0.5, 0.6) is 0 Å². The van der Waals surface area contributed by atoms with Crippen molar-refractivity contribution in [3.8, 4) is 0 Å². The average molecular weight is 263 g/mol. The first kappa shape index (κ1) is 13.3. The third-order valence-electron chi connectivity index (χ3n) is 3.05. The van der Waals surface area contributed by atoms with Crippen LogP contribution in [-0.2, 0) is 13.1 Å². The normalized spacial score (nSPS) is 13.1. The molecule has 0 aliphatic heterocycles. The van der Waals surface area contributed by atoms with E-state index in [0.29, 0.717) is 12.0 Å². The Bertz CT molecular complexity index is 459. The molecule has 0 saturated carbocycles. The van der Waals surface area contributed by atoms with Crippen LogP contribution in [0.4, 0.5) is 0 Å². The van der Waals surface area contributed by atoms with Crippen LogP contribution in [0, 0.1) is 5.92 Å². The fraction of sp³-hybridized carbons (Fsp3) is 0.500. The van der Waals surface area contributed by atoms with Gasteiger partial charge < -0.3 is 5.32 Å².